The number of hydrogen-bond donors (Lipinski definition) is 1. The first-order chi connectivity index (χ1) is 11.1. The van der Waals surface area contributed by atoms with Crippen molar-refractivity contribution in [1.82, 2.24) is 9.55 Å². The van der Waals surface area contributed by atoms with Crippen LogP contribution in [0.2, 0.25) is 10.0 Å². The van der Waals surface area contributed by atoms with Gasteiger partial charge in [-0.05, 0) is 29.3 Å². The van der Waals surface area contributed by atoms with Gasteiger partial charge in [-0.15, -0.1) is 0 Å². The van der Waals surface area contributed by atoms with Gasteiger partial charge in [0.25, 0.3) is 5.56 Å². The molecule has 0 radical (unpaired) electrons. The summed E-state index contributed by atoms with van der Waals surface area (Å²) in [6, 6.07) is 6.95. The smallest absolute Gasteiger partial charge is 0.267 e. The SMILES string of the molecule is O=c1c2c(Cl)cc(Cl)c(O)c2ncn1-c1ccc2c(c1)C=NC2. The second-order valence-electron chi connectivity index (χ2n) is 5.19. The van der Waals surface area contributed by atoms with Gasteiger partial charge in [0.15, 0.2) is 5.75 Å². The van der Waals surface area contributed by atoms with Crippen LogP contribution in [0.5, 0.6) is 5.75 Å². The van der Waals surface area contributed by atoms with E-state index >= 15 is 0 Å². The van der Waals surface area contributed by atoms with E-state index in [1.165, 1.54) is 17.0 Å². The summed E-state index contributed by atoms with van der Waals surface area (Å²) in [5.41, 5.74) is 2.45. The highest BCUT2D eigenvalue weighted by molar-refractivity contribution is 6.39. The summed E-state index contributed by atoms with van der Waals surface area (Å²) < 4.78 is 1.38. The topological polar surface area (TPSA) is 67.5 Å². The molecule has 1 aliphatic rings. The number of nitrogens with zero attached hydrogens (tertiary/aromatic N) is 3. The fourth-order valence-electron chi connectivity index (χ4n) is 2.64. The molecule has 23 heavy (non-hydrogen) atoms. The quantitative estimate of drug-likeness (QED) is 0.735. The molecular weight excluding hydrogens is 337 g/mol. The molecule has 2 aromatic carbocycles. The van der Waals surface area contributed by atoms with E-state index in [2.05, 4.69) is 9.98 Å². The number of benzene rings is 2. The monoisotopic (exact) mass is 345 g/mol. The van der Waals surface area contributed by atoms with Crippen molar-refractivity contribution in [3.63, 3.8) is 0 Å². The predicted octanol–water partition coefficient (Wildman–Crippen LogP) is 3.33. The molecule has 1 aliphatic heterocycles. The maximum atomic E-state index is 12.8. The molecule has 0 aliphatic carbocycles. The first-order valence-corrected chi connectivity index (χ1v) is 7.53. The van der Waals surface area contributed by atoms with Crippen molar-refractivity contribution in [1.29, 1.82) is 0 Å². The third-order valence-corrected chi connectivity index (χ3v) is 4.40. The number of phenols is 1. The fourth-order valence-corrected chi connectivity index (χ4v) is 3.17. The van der Waals surface area contributed by atoms with E-state index in [0.29, 0.717) is 12.2 Å². The first kappa shape index (κ1) is 14.2. The highest BCUT2D eigenvalue weighted by Gasteiger charge is 2.16. The van der Waals surface area contributed by atoms with Gasteiger partial charge in [-0.2, -0.15) is 0 Å². The average Bonchev–Trinajstić information content (AvgIpc) is 3.00. The zero-order valence-electron chi connectivity index (χ0n) is 11.6. The van der Waals surface area contributed by atoms with Crippen LogP contribution in [0.15, 0.2) is 40.4 Å². The number of phenolic OH excluding ortho intramolecular Hbond substituents is 1. The molecule has 5 nitrogen and oxygen atoms in total. The molecule has 0 saturated heterocycles. The maximum absolute atomic E-state index is 12.8. The number of aromatic hydroxyl groups is 1. The second-order valence-corrected chi connectivity index (χ2v) is 6.00. The lowest BCUT2D eigenvalue weighted by molar-refractivity contribution is 0.480. The molecule has 0 bridgehead atoms. The Kier molecular flexibility index (Phi) is 3.14. The Bertz CT molecular complexity index is 1060. The highest BCUT2D eigenvalue weighted by atomic mass is 35.5. The summed E-state index contributed by atoms with van der Waals surface area (Å²) in [5.74, 6) is -0.253. The van der Waals surface area contributed by atoms with Gasteiger partial charge in [0.2, 0.25) is 0 Å². The van der Waals surface area contributed by atoms with Gasteiger partial charge in [-0.3, -0.25) is 14.4 Å². The van der Waals surface area contributed by atoms with E-state index in [1.807, 2.05) is 18.2 Å². The van der Waals surface area contributed by atoms with Crippen LogP contribution in [-0.2, 0) is 6.54 Å². The van der Waals surface area contributed by atoms with Gasteiger partial charge in [-0.1, -0.05) is 29.3 Å². The van der Waals surface area contributed by atoms with E-state index in [0.717, 1.165) is 11.1 Å². The molecule has 0 unspecified atom stereocenters. The van der Waals surface area contributed by atoms with Crippen LogP contribution < -0.4 is 5.56 Å². The molecule has 1 N–H and O–H groups in total. The van der Waals surface area contributed by atoms with E-state index in [4.69, 9.17) is 23.2 Å². The third kappa shape index (κ3) is 2.12. The molecule has 0 spiro atoms. The van der Waals surface area contributed by atoms with Crippen LogP contribution in [0.1, 0.15) is 11.1 Å². The minimum Gasteiger partial charge on any atom is -0.504 e. The summed E-state index contributed by atoms with van der Waals surface area (Å²) >= 11 is 12.0. The van der Waals surface area contributed by atoms with Crippen LogP contribution in [-0.4, -0.2) is 20.9 Å². The standard InChI is InChI=1S/C16H9Cl2N3O2/c17-11-4-12(18)15(22)14-13(11)16(23)21(7-20-14)10-2-1-8-5-19-6-9(8)3-10/h1-4,6-7,22H,5H2. The molecule has 0 fully saturated rings. The lowest BCUT2D eigenvalue weighted by Gasteiger charge is -2.10. The van der Waals surface area contributed by atoms with Crippen LogP contribution in [0, 0.1) is 0 Å². The molecule has 2 heterocycles. The van der Waals surface area contributed by atoms with Gasteiger partial charge in [0.05, 0.1) is 27.7 Å². The molecular formula is C16H9Cl2N3O2. The number of aromatic nitrogens is 2. The van der Waals surface area contributed by atoms with E-state index in [-0.39, 0.29) is 32.3 Å². The molecule has 7 heteroatoms. The summed E-state index contributed by atoms with van der Waals surface area (Å²) in [6.45, 7) is 0.651. The molecule has 1 aromatic heterocycles. The second kappa shape index (κ2) is 5.08. The fraction of sp³-hybridized carbons (Fsp3) is 0.0625. The zero-order chi connectivity index (χ0) is 16.1. The predicted molar refractivity (Wildman–Crippen MR) is 90.3 cm³/mol. The van der Waals surface area contributed by atoms with E-state index in [1.54, 1.807) is 6.21 Å². The van der Waals surface area contributed by atoms with Crippen LogP contribution >= 0.6 is 23.2 Å². The molecule has 0 saturated carbocycles. The van der Waals surface area contributed by atoms with Crippen molar-refractivity contribution in [2.24, 2.45) is 4.99 Å². The zero-order valence-corrected chi connectivity index (χ0v) is 13.1. The Hall–Kier alpha value is -2.37. The minimum atomic E-state index is -0.373. The van der Waals surface area contributed by atoms with Gasteiger partial charge in [0.1, 0.15) is 11.8 Å². The normalized spacial score (nSPS) is 12.8. The first-order valence-electron chi connectivity index (χ1n) is 6.77. The Morgan fingerprint density at radius 1 is 1.17 bits per heavy atom. The Morgan fingerprint density at radius 2 is 2.00 bits per heavy atom. The molecule has 3 aromatic rings. The van der Waals surface area contributed by atoms with Crippen molar-refractivity contribution in [2.45, 2.75) is 6.54 Å². The van der Waals surface area contributed by atoms with E-state index < -0.39 is 0 Å². The third-order valence-electron chi connectivity index (χ3n) is 3.81. The van der Waals surface area contributed by atoms with Crippen LogP contribution in [0.4, 0.5) is 0 Å². The van der Waals surface area contributed by atoms with Crippen molar-refractivity contribution in [3.8, 4) is 11.4 Å². The Labute approximate surface area is 140 Å². The summed E-state index contributed by atoms with van der Waals surface area (Å²) in [5, 5.41) is 10.3. The molecule has 0 amide bonds. The number of aliphatic imine (C=N–C) groups is 1. The number of fused-ring (bicyclic) bond motifs is 2. The summed E-state index contributed by atoms with van der Waals surface area (Å²) in [6.07, 6.45) is 3.13. The largest absolute Gasteiger partial charge is 0.504 e. The molecule has 0 atom stereocenters. The molecule has 4 rings (SSSR count). The van der Waals surface area contributed by atoms with Gasteiger partial charge < -0.3 is 5.11 Å². The average molecular weight is 346 g/mol. The maximum Gasteiger partial charge on any atom is 0.267 e. The Morgan fingerprint density at radius 3 is 2.83 bits per heavy atom. The number of rotatable bonds is 1. The minimum absolute atomic E-state index is 0.0564. The number of halogens is 2. The highest BCUT2D eigenvalue weighted by Crippen LogP contribution is 2.34. The van der Waals surface area contributed by atoms with Crippen molar-refractivity contribution in [2.75, 3.05) is 0 Å². The van der Waals surface area contributed by atoms with Crippen LogP contribution in [0.3, 0.4) is 0 Å². The lowest BCUT2D eigenvalue weighted by Crippen LogP contribution is -2.19. The van der Waals surface area contributed by atoms with Crippen molar-refractivity contribution >= 4 is 40.3 Å². The van der Waals surface area contributed by atoms with Crippen molar-refractivity contribution < 1.29 is 5.11 Å². The Balaban J connectivity index is 2.01. The van der Waals surface area contributed by atoms with Gasteiger partial charge in [-0.25, -0.2) is 4.98 Å². The lowest BCUT2D eigenvalue weighted by atomic mass is 10.1. The van der Waals surface area contributed by atoms with E-state index in [9.17, 15) is 9.90 Å². The van der Waals surface area contributed by atoms with Gasteiger partial charge in [0, 0.05) is 6.21 Å². The van der Waals surface area contributed by atoms with Gasteiger partial charge >= 0.3 is 0 Å². The van der Waals surface area contributed by atoms with Crippen molar-refractivity contribution in [3.05, 3.63) is 62.1 Å². The summed E-state index contributed by atoms with van der Waals surface area (Å²) in [7, 11) is 0. The summed E-state index contributed by atoms with van der Waals surface area (Å²) in [4.78, 5) is 21.1. The number of hydrogen-bond acceptors (Lipinski definition) is 4. The molecule has 114 valence electrons. The van der Waals surface area contributed by atoms with Crippen LogP contribution in [0.25, 0.3) is 16.6 Å².